The quantitative estimate of drug-likeness (QED) is 0.311. The molecule has 2 heterocycles. The molecule has 0 aliphatic rings. The minimum atomic E-state index is -4.83. The van der Waals surface area contributed by atoms with Crippen molar-refractivity contribution in [1.82, 2.24) is 19.9 Å². The normalized spacial score (nSPS) is 12.3. The lowest BCUT2D eigenvalue weighted by Crippen LogP contribution is -2.41. The molecule has 4 rings (SSSR count). The monoisotopic (exact) mass is 490 g/mol. The molecule has 178 valence electrons. The van der Waals surface area contributed by atoms with Gasteiger partial charge in [-0.3, -0.25) is 14.2 Å². The van der Waals surface area contributed by atoms with Crippen LogP contribution in [0.15, 0.2) is 58.5 Å². The van der Waals surface area contributed by atoms with Gasteiger partial charge in [0.15, 0.2) is 5.16 Å². The van der Waals surface area contributed by atoms with Crippen molar-refractivity contribution in [3.8, 4) is 11.4 Å². The average molecular weight is 491 g/mol. The van der Waals surface area contributed by atoms with Crippen LogP contribution in [0.25, 0.3) is 27.6 Å². The summed E-state index contributed by atoms with van der Waals surface area (Å²) in [7, 11) is 0. The minimum Gasteiger partial charge on any atom is -0.406 e. The molecule has 11 heteroatoms. The first-order valence-corrected chi connectivity index (χ1v) is 11.2. The summed E-state index contributed by atoms with van der Waals surface area (Å²) in [4.78, 5) is 33.6. The van der Waals surface area contributed by atoms with Gasteiger partial charge in [0.25, 0.3) is 5.56 Å². The van der Waals surface area contributed by atoms with Crippen molar-refractivity contribution in [2.45, 2.75) is 37.8 Å². The van der Waals surface area contributed by atoms with E-state index in [0.29, 0.717) is 5.52 Å². The van der Waals surface area contributed by atoms with Crippen molar-refractivity contribution in [2.24, 2.45) is 0 Å². The highest BCUT2D eigenvalue weighted by Crippen LogP contribution is 2.28. The number of benzene rings is 2. The molecule has 34 heavy (non-hydrogen) atoms. The number of carbonyl (C=O) groups excluding carboxylic acids is 1. The van der Waals surface area contributed by atoms with Crippen LogP contribution in [-0.4, -0.2) is 38.1 Å². The highest BCUT2D eigenvalue weighted by Gasteiger charge is 2.31. The van der Waals surface area contributed by atoms with E-state index in [2.05, 4.69) is 20.0 Å². The second kappa shape index (κ2) is 8.71. The number of amides is 1. The summed E-state index contributed by atoms with van der Waals surface area (Å²) < 4.78 is 42.8. The van der Waals surface area contributed by atoms with Crippen LogP contribution in [0.3, 0.4) is 0 Å². The van der Waals surface area contributed by atoms with E-state index in [1.165, 1.54) is 16.7 Å². The van der Waals surface area contributed by atoms with Gasteiger partial charge in [-0.1, -0.05) is 30.0 Å². The van der Waals surface area contributed by atoms with Crippen molar-refractivity contribution in [3.05, 3.63) is 58.9 Å². The van der Waals surface area contributed by atoms with Crippen LogP contribution >= 0.6 is 11.8 Å². The molecular formula is C23H21F3N4O3S. The van der Waals surface area contributed by atoms with Gasteiger partial charge < -0.3 is 15.0 Å². The standard InChI is InChI=1S/C23H21F3N4O3S/c1-22(2,3)29-17(31)12-34-21-28-18-15-6-4-5-7-16(15)27-19(18)20(32)30(21)13-8-10-14(11-9-13)33-23(24,25)26/h4-11,27H,12H2,1-3H3,(H,29,31). The van der Waals surface area contributed by atoms with E-state index in [1.54, 1.807) is 0 Å². The van der Waals surface area contributed by atoms with Crippen LogP contribution in [-0.2, 0) is 4.79 Å². The van der Waals surface area contributed by atoms with Crippen LogP contribution in [0.2, 0.25) is 0 Å². The third kappa shape index (κ3) is 5.19. The Bertz CT molecular complexity index is 1420. The summed E-state index contributed by atoms with van der Waals surface area (Å²) in [5.41, 5.74) is 0.832. The van der Waals surface area contributed by atoms with Gasteiger partial charge in [-0.2, -0.15) is 0 Å². The van der Waals surface area contributed by atoms with E-state index in [0.717, 1.165) is 34.8 Å². The maximum atomic E-state index is 13.5. The first kappa shape index (κ1) is 23.7. The summed E-state index contributed by atoms with van der Waals surface area (Å²) in [6.07, 6.45) is -4.83. The fourth-order valence-electron chi connectivity index (χ4n) is 3.45. The zero-order valence-electron chi connectivity index (χ0n) is 18.5. The zero-order chi connectivity index (χ0) is 24.7. The molecule has 0 fully saturated rings. The van der Waals surface area contributed by atoms with Gasteiger partial charge in [0.2, 0.25) is 5.91 Å². The van der Waals surface area contributed by atoms with Gasteiger partial charge in [0.05, 0.1) is 11.4 Å². The van der Waals surface area contributed by atoms with Crippen molar-refractivity contribution in [3.63, 3.8) is 0 Å². The number of aromatic nitrogens is 3. The molecule has 0 spiro atoms. The van der Waals surface area contributed by atoms with Gasteiger partial charge in [0, 0.05) is 16.4 Å². The molecule has 4 aromatic rings. The molecular weight excluding hydrogens is 469 g/mol. The maximum Gasteiger partial charge on any atom is 0.573 e. The lowest BCUT2D eigenvalue weighted by Gasteiger charge is -2.20. The fraction of sp³-hybridized carbons (Fsp3) is 0.261. The summed E-state index contributed by atoms with van der Waals surface area (Å²) in [5, 5.41) is 3.83. The lowest BCUT2D eigenvalue weighted by atomic mass is 10.1. The number of para-hydroxylation sites is 1. The largest absolute Gasteiger partial charge is 0.573 e. The molecule has 7 nitrogen and oxygen atoms in total. The van der Waals surface area contributed by atoms with Gasteiger partial charge in [-0.05, 0) is 51.1 Å². The van der Waals surface area contributed by atoms with Gasteiger partial charge in [-0.15, -0.1) is 13.2 Å². The van der Waals surface area contributed by atoms with E-state index in [9.17, 15) is 22.8 Å². The Kier molecular flexibility index (Phi) is 6.07. The van der Waals surface area contributed by atoms with Crippen LogP contribution < -0.4 is 15.6 Å². The Balaban J connectivity index is 1.80. The molecule has 1 amide bonds. The summed E-state index contributed by atoms with van der Waals surface area (Å²) in [5.74, 6) is -0.665. The Morgan fingerprint density at radius 2 is 1.79 bits per heavy atom. The average Bonchev–Trinajstić information content (AvgIpc) is 3.10. The number of hydrogen-bond acceptors (Lipinski definition) is 5. The van der Waals surface area contributed by atoms with Gasteiger partial charge in [0.1, 0.15) is 16.8 Å². The Labute approximate surface area is 196 Å². The van der Waals surface area contributed by atoms with Crippen LogP contribution in [0.4, 0.5) is 13.2 Å². The minimum absolute atomic E-state index is 0.00710. The van der Waals surface area contributed by atoms with E-state index in [1.807, 2.05) is 45.0 Å². The zero-order valence-corrected chi connectivity index (χ0v) is 19.3. The summed E-state index contributed by atoms with van der Waals surface area (Å²) >= 11 is 1.06. The Morgan fingerprint density at radius 1 is 1.12 bits per heavy atom. The number of fused-ring (bicyclic) bond motifs is 3. The van der Waals surface area contributed by atoms with Crippen molar-refractivity contribution in [1.29, 1.82) is 0 Å². The van der Waals surface area contributed by atoms with E-state index in [-0.39, 0.29) is 28.0 Å². The van der Waals surface area contributed by atoms with Gasteiger partial charge in [-0.25, -0.2) is 4.98 Å². The Hall–Kier alpha value is -3.47. The molecule has 0 aliphatic carbocycles. The summed E-state index contributed by atoms with van der Waals surface area (Å²) in [6.45, 7) is 5.56. The molecule has 2 N–H and O–H groups in total. The predicted octanol–water partition coefficient (Wildman–Crippen LogP) is 4.77. The third-order valence-electron chi connectivity index (χ3n) is 4.67. The first-order valence-electron chi connectivity index (χ1n) is 10.2. The van der Waals surface area contributed by atoms with Gasteiger partial charge >= 0.3 is 6.36 Å². The SMILES string of the molecule is CC(C)(C)NC(=O)CSc1nc2c([nH]c3ccccc32)c(=O)n1-c1ccc(OC(F)(F)F)cc1. The molecule has 0 saturated heterocycles. The van der Waals surface area contributed by atoms with E-state index >= 15 is 0 Å². The van der Waals surface area contributed by atoms with E-state index in [4.69, 9.17) is 0 Å². The Morgan fingerprint density at radius 3 is 2.44 bits per heavy atom. The van der Waals surface area contributed by atoms with E-state index < -0.39 is 23.2 Å². The third-order valence-corrected chi connectivity index (χ3v) is 5.61. The number of aromatic amines is 1. The van der Waals surface area contributed by atoms with Crippen molar-refractivity contribution >= 4 is 39.6 Å². The number of ether oxygens (including phenoxy) is 1. The number of thioether (sulfide) groups is 1. The molecule has 0 saturated carbocycles. The highest BCUT2D eigenvalue weighted by molar-refractivity contribution is 7.99. The second-order valence-electron chi connectivity index (χ2n) is 8.56. The molecule has 0 unspecified atom stereocenters. The maximum absolute atomic E-state index is 13.5. The molecule has 0 atom stereocenters. The number of nitrogens with one attached hydrogen (secondary N) is 2. The fourth-order valence-corrected chi connectivity index (χ4v) is 4.25. The number of alkyl halides is 3. The number of H-pyrrole nitrogens is 1. The van der Waals surface area contributed by atoms with Crippen LogP contribution in [0.1, 0.15) is 20.8 Å². The predicted molar refractivity (Wildman–Crippen MR) is 124 cm³/mol. The topological polar surface area (TPSA) is 89.0 Å². The number of nitrogens with zero attached hydrogens (tertiary/aromatic N) is 2. The number of carbonyl (C=O) groups is 1. The number of halogens is 3. The highest BCUT2D eigenvalue weighted by atomic mass is 32.2. The number of hydrogen-bond donors (Lipinski definition) is 2. The van der Waals surface area contributed by atoms with Crippen LogP contribution in [0, 0.1) is 0 Å². The molecule has 0 aliphatic heterocycles. The van der Waals surface area contributed by atoms with Crippen molar-refractivity contribution < 1.29 is 22.7 Å². The van der Waals surface area contributed by atoms with Crippen LogP contribution in [0.5, 0.6) is 5.75 Å². The number of rotatable bonds is 5. The smallest absolute Gasteiger partial charge is 0.406 e. The first-order chi connectivity index (χ1) is 15.9. The molecule has 0 radical (unpaired) electrons. The second-order valence-corrected chi connectivity index (χ2v) is 9.50. The molecule has 2 aromatic heterocycles. The van der Waals surface area contributed by atoms with Crippen molar-refractivity contribution in [2.75, 3.05) is 5.75 Å². The molecule has 2 aromatic carbocycles. The summed E-state index contributed by atoms with van der Waals surface area (Å²) in [6, 6.07) is 12.2. The molecule has 0 bridgehead atoms. The lowest BCUT2D eigenvalue weighted by molar-refractivity contribution is -0.274.